The zero-order valence-electron chi connectivity index (χ0n) is 36.5. The van der Waals surface area contributed by atoms with Crippen molar-refractivity contribution in [2.45, 2.75) is 167 Å². The Kier molecular flexibility index (Phi) is 15.1. The SMILES string of the molecule is CCCCCCc1[cH-]c2cccc(-c3ccc(C4CCCCC4)cc3)c2c1[Si](C)(C)c1c(CCCCCC)[cH-]c2cccc(-c3ccc(C4CCCCC4)cc3)c12.[Zr+2]. The number of benzene rings is 4. The molecular formula is C56H70SiZr. The molecule has 0 amide bonds. The molecule has 8 rings (SSSR count). The molecule has 2 heteroatoms. The molecule has 6 aromatic carbocycles. The first-order chi connectivity index (χ1) is 28.0. The third kappa shape index (κ3) is 9.25. The molecule has 0 N–H and O–H groups in total. The summed E-state index contributed by atoms with van der Waals surface area (Å²) in [5.41, 5.74) is 12.0. The van der Waals surface area contributed by atoms with E-state index in [9.17, 15) is 0 Å². The van der Waals surface area contributed by atoms with Crippen molar-refractivity contribution in [2.75, 3.05) is 0 Å². The minimum atomic E-state index is -2.31. The van der Waals surface area contributed by atoms with Crippen molar-refractivity contribution >= 4 is 40.0 Å². The van der Waals surface area contributed by atoms with Crippen LogP contribution in [-0.4, -0.2) is 8.07 Å². The molecule has 2 saturated carbocycles. The summed E-state index contributed by atoms with van der Waals surface area (Å²) in [5, 5.41) is 9.42. The van der Waals surface area contributed by atoms with Crippen LogP contribution in [0.25, 0.3) is 43.8 Å². The van der Waals surface area contributed by atoms with Gasteiger partial charge in [0, 0.05) is 8.07 Å². The number of fused-ring (bicyclic) bond motifs is 2. The molecule has 0 atom stereocenters. The Balaban J connectivity index is 0.00000512. The van der Waals surface area contributed by atoms with Crippen LogP contribution in [0.15, 0.2) is 97.1 Å². The van der Waals surface area contributed by atoms with E-state index in [0.717, 1.165) is 11.8 Å². The first-order valence-electron chi connectivity index (χ1n) is 23.6. The van der Waals surface area contributed by atoms with E-state index < -0.39 is 8.07 Å². The van der Waals surface area contributed by atoms with Crippen molar-refractivity contribution < 1.29 is 26.2 Å². The molecule has 302 valence electrons. The van der Waals surface area contributed by atoms with Crippen LogP contribution in [0.1, 0.15) is 164 Å². The molecule has 6 aromatic rings. The smallest absolute Gasteiger partial charge is 0.158 e. The van der Waals surface area contributed by atoms with E-state index in [2.05, 4.69) is 124 Å². The van der Waals surface area contributed by atoms with Crippen molar-refractivity contribution in [3.63, 3.8) is 0 Å². The normalized spacial score (nSPS) is 15.7. The molecule has 0 nitrogen and oxygen atoms in total. The van der Waals surface area contributed by atoms with Gasteiger partial charge in [-0.3, -0.25) is 0 Å². The molecule has 0 saturated heterocycles. The van der Waals surface area contributed by atoms with Crippen LogP contribution < -0.4 is 10.4 Å². The van der Waals surface area contributed by atoms with Gasteiger partial charge in [-0.25, -0.2) is 0 Å². The minimum Gasteiger partial charge on any atom is -0.158 e. The number of rotatable bonds is 16. The number of hydrogen-bond donors (Lipinski definition) is 0. The van der Waals surface area contributed by atoms with Gasteiger partial charge in [0.15, 0.2) is 0 Å². The third-order valence-electron chi connectivity index (χ3n) is 14.4. The van der Waals surface area contributed by atoms with Gasteiger partial charge in [0.2, 0.25) is 0 Å². The van der Waals surface area contributed by atoms with Gasteiger partial charge in [-0.1, -0.05) is 189 Å². The van der Waals surface area contributed by atoms with Gasteiger partial charge in [0.1, 0.15) is 0 Å². The molecular weight excluding hydrogens is 792 g/mol. The number of aryl methyl sites for hydroxylation is 2. The molecule has 58 heavy (non-hydrogen) atoms. The first-order valence-corrected chi connectivity index (χ1v) is 26.6. The summed E-state index contributed by atoms with van der Waals surface area (Å²) < 4.78 is 0. The maximum Gasteiger partial charge on any atom is 2.00 e. The van der Waals surface area contributed by atoms with Crippen molar-refractivity contribution in [3.05, 3.63) is 119 Å². The molecule has 2 fully saturated rings. The molecule has 0 spiro atoms. The fourth-order valence-electron chi connectivity index (χ4n) is 11.4. The quantitative estimate of drug-likeness (QED) is 0.0517. The fourth-order valence-corrected chi connectivity index (χ4v) is 15.5. The Hall–Kier alpha value is -2.80. The largest absolute Gasteiger partial charge is 2.00 e. The zero-order valence-corrected chi connectivity index (χ0v) is 40.0. The second-order valence-electron chi connectivity index (χ2n) is 18.8. The van der Waals surface area contributed by atoms with E-state index in [1.165, 1.54) is 161 Å². The predicted molar refractivity (Wildman–Crippen MR) is 254 cm³/mol. The Labute approximate surface area is 372 Å². The average molecular weight is 862 g/mol. The van der Waals surface area contributed by atoms with Gasteiger partial charge in [-0.15, -0.1) is 69.1 Å². The summed E-state index contributed by atoms with van der Waals surface area (Å²) in [6.45, 7) is 10.1. The van der Waals surface area contributed by atoms with E-state index in [4.69, 9.17) is 0 Å². The summed E-state index contributed by atoms with van der Waals surface area (Å²) in [6, 6.07) is 39.4. The van der Waals surface area contributed by atoms with Crippen molar-refractivity contribution in [3.8, 4) is 22.3 Å². The van der Waals surface area contributed by atoms with E-state index >= 15 is 0 Å². The van der Waals surface area contributed by atoms with Crippen LogP contribution in [0.4, 0.5) is 0 Å². The number of hydrogen-bond acceptors (Lipinski definition) is 0. The third-order valence-corrected chi connectivity index (χ3v) is 18.1. The Morgan fingerprint density at radius 2 is 0.879 bits per heavy atom. The molecule has 2 aliphatic rings. The van der Waals surface area contributed by atoms with Gasteiger partial charge >= 0.3 is 26.2 Å². The monoisotopic (exact) mass is 860 g/mol. The maximum atomic E-state index is 2.73. The average Bonchev–Trinajstić information content (AvgIpc) is 3.84. The van der Waals surface area contributed by atoms with Crippen LogP contribution in [0.2, 0.25) is 13.1 Å². The van der Waals surface area contributed by atoms with E-state index in [1.807, 2.05) is 0 Å². The molecule has 0 aliphatic heterocycles. The van der Waals surface area contributed by atoms with Crippen molar-refractivity contribution in [1.82, 2.24) is 0 Å². The summed E-state index contributed by atoms with van der Waals surface area (Å²) in [4.78, 5) is 0. The van der Waals surface area contributed by atoms with Crippen molar-refractivity contribution in [1.29, 1.82) is 0 Å². The maximum absolute atomic E-state index is 2.73. The number of unbranched alkanes of at least 4 members (excludes halogenated alkanes) is 6. The Morgan fingerprint density at radius 1 is 0.483 bits per heavy atom. The van der Waals surface area contributed by atoms with Crippen LogP contribution in [0.5, 0.6) is 0 Å². The Bertz CT molecular complexity index is 2040. The summed E-state index contributed by atoms with van der Waals surface area (Å²) in [6.07, 6.45) is 26.5. The standard InChI is InChI=1S/C56H70Si.Zr/c1-5-7-9-13-25-49-39-47-27-19-29-51(45-35-31-43(32-36-45)41-21-15-11-16-22-41)53(47)55(49)57(3,4)56-50(26-14-10-8-6-2)40-48-28-20-30-52(54(48)56)46-37-33-44(34-38-46)42-23-17-12-18-24-42;/h19-20,27-42H,5-18,21-26H2,1-4H3;/q-2;+2. The van der Waals surface area contributed by atoms with Gasteiger partial charge < -0.3 is 0 Å². The summed E-state index contributed by atoms with van der Waals surface area (Å²) >= 11 is 0. The molecule has 0 unspecified atom stereocenters. The van der Waals surface area contributed by atoms with Crippen LogP contribution >= 0.6 is 0 Å². The fraction of sp³-hybridized carbons (Fsp3) is 0.464. The molecule has 0 bridgehead atoms. The van der Waals surface area contributed by atoms with Gasteiger partial charge in [-0.05, 0) is 72.6 Å². The second kappa shape index (κ2) is 20.2. The Morgan fingerprint density at radius 3 is 1.26 bits per heavy atom. The van der Waals surface area contributed by atoms with E-state index in [-0.39, 0.29) is 26.2 Å². The van der Waals surface area contributed by atoms with Gasteiger partial charge in [0.05, 0.1) is 0 Å². The minimum absolute atomic E-state index is 0. The van der Waals surface area contributed by atoms with Gasteiger partial charge in [-0.2, -0.15) is 10.4 Å². The topological polar surface area (TPSA) is 0 Å². The molecule has 0 aromatic heterocycles. The molecule has 0 heterocycles. The van der Waals surface area contributed by atoms with E-state index in [0.29, 0.717) is 0 Å². The predicted octanol–water partition coefficient (Wildman–Crippen LogP) is 15.9. The summed E-state index contributed by atoms with van der Waals surface area (Å²) in [5.74, 6) is 1.47. The van der Waals surface area contributed by atoms with Crippen LogP contribution in [0.3, 0.4) is 0 Å². The van der Waals surface area contributed by atoms with Crippen LogP contribution in [0, 0.1) is 0 Å². The van der Waals surface area contributed by atoms with E-state index in [1.54, 1.807) is 43.4 Å². The summed E-state index contributed by atoms with van der Waals surface area (Å²) in [7, 11) is -2.31. The molecule has 0 radical (unpaired) electrons. The zero-order chi connectivity index (χ0) is 39.2. The van der Waals surface area contributed by atoms with Gasteiger partial charge in [0.25, 0.3) is 0 Å². The van der Waals surface area contributed by atoms with Crippen molar-refractivity contribution in [2.24, 2.45) is 0 Å². The molecule has 2 aliphatic carbocycles. The van der Waals surface area contributed by atoms with Crippen LogP contribution in [-0.2, 0) is 39.0 Å². The second-order valence-corrected chi connectivity index (χ2v) is 23.0. The first kappa shape index (κ1) is 43.3.